The third-order valence-electron chi connectivity index (χ3n) is 17.4. The third kappa shape index (κ3) is 7.26. The maximum Gasteiger partial charge on any atom is 0.252 e. The zero-order valence-corrected chi connectivity index (χ0v) is 45.2. The number of aryl methyl sites for hydroxylation is 2. The maximum atomic E-state index is 2.72. The summed E-state index contributed by atoms with van der Waals surface area (Å²) in [6.07, 6.45) is 3.47. The standard InChI is InChI=1S/C67H75BN2/c1-41-32-59-61-60(33-41)70(56-29-25-47(63(6,7)8)37-48(56)45-22-26-49-50(35-45)67(15,16)40-66(49,13)14)58-39-52-51(64(9,10)30-31-65(52,11)12)38-54(58)68(61)53-36-44(43-20-18-17-19-21-43)23-27-57(53)69(59)55-28-24-46(34-42(55)2)62(3,4)5/h17-29,32-39H,30-31,40H2,1-16H3. The first-order chi connectivity index (χ1) is 32.7. The van der Waals surface area contributed by atoms with E-state index in [0.29, 0.717) is 0 Å². The van der Waals surface area contributed by atoms with Crippen molar-refractivity contribution in [3.8, 4) is 22.3 Å². The highest BCUT2D eigenvalue weighted by molar-refractivity contribution is 7.00. The van der Waals surface area contributed by atoms with Gasteiger partial charge in [0.05, 0.1) is 5.69 Å². The quantitative estimate of drug-likeness (QED) is 0.162. The van der Waals surface area contributed by atoms with Crippen LogP contribution in [0.15, 0.2) is 127 Å². The molecule has 0 aromatic heterocycles. The van der Waals surface area contributed by atoms with Gasteiger partial charge in [0.1, 0.15) is 0 Å². The molecule has 0 unspecified atom stereocenters. The largest absolute Gasteiger partial charge is 0.311 e. The highest BCUT2D eigenvalue weighted by Crippen LogP contribution is 2.54. The zero-order valence-electron chi connectivity index (χ0n) is 45.2. The Kier molecular flexibility index (Phi) is 10.2. The van der Waals surface area contributed by atoms with Crippen molar-refractivity contribution in [2.24, 2.45) is 0 Å². The van der Waals surface area contributed by atoms with Crippen LogP contribution in [0.4, 0.5) is 34.1 Å². The third-order valence-corrected chi connectivity index (χ3v) is 17.4. The van der Waals surface area contributed by atoms with Gasteiger partial charge in [0.2, 0.25) is 0 Å². The van der Waals surface area contributed by atoms with E-state index in [1.165, 1.54) is 117 Å². The van der Waals surface area contributed by atoms with Crippen molar-refractivity contribution >= 4 is 57.2 Å². The van der Waals surface area contributed by atoms with Crippen LogP contribution in [0.25, 0.3) is 22.3 Å². The normalized spacial score (nSPS) is 17.9. The fraction of sp³-hybridized carbons (Fsp3) is 0.373. The van der Waals surface area contributed by atoms with Crippen LogP contribution in [0.1, 0.15) is 161 Å². The minimum Gasteiger partial charge on any atom is -0.311 e. The molecule has 2 aliphatic carbocycles. The maximum absolute atomic E-state index is 2.72. The Hall–Kier alpha value is -5.80. The van der Waals surface area contributed by atoms with Gasteiger partial charge in [-0.3, -0.25) is 0 Å². The highest BCUT2D eigenvalue weighted by atomic mass is 15.2. The summed E-state index contributed by atoms with van der Waals surface area (Å²) in [7, 11) is 0. The molecular formula is C67H75BN2. The molecule has 70 heavy (non-hydrogen) atoms. The van der Waals surface area contributed by atoms with Crippen molar-refractivity contribution in [1.82, 2.24) is 0 Å². The summed E-state index contributed by atoms with van der Waals surface area (Å²) in [6.45, 7) is 38.4. The molecule has 0 fully saturated rings. The SMILES string of the molecule is Cc1cc2c3c(c1)N(c1ccc(C(C)(C)C)cc1-c1ccc4c(c1)C(C)(C)CC4(C)C)c1cc4c(cc1B3c1cc(-c3ccccc3)ccc1N2c1ccc(C(C)(C)C)cc1C)C(C)(C)CCC4(C)C. The van der Waals surface area contributed by atoms with Crippen molar-refractivity contribution in [2.45, 2.75) is 163 Å². The first-order valence-electron chi connectivity index (χ1n) is 26.3. The number of anilines is 6. The molecule has 2 nitrogen and oxygen atoms in total. The van der Waals surface area contributed by atoms with Crippen LogP contribution in [0, 0.1) is 13.8 Å². The van der Waals surface area contributed by atoms with E-state index in [0.717, 1.165) is 19.3 Å². The van der Waals surface area contributed by atoms with Crippen LogP contribution in [0.2, 0.25) is 0 Å². The lowest BCUT2D eigenvalue weighted by molar-refractivity contribution is 0.332. The average molecular weight is 919 g/mol. The molecule has 7 aromatic carbocycles. The van der Waals surface area contributed by atoms with Gasteiger partial charge in [0.15, 0.2) is 0 Å². The summed E-state index contributed by atoms with van der Waals surface area (Å²) in [5.74, 6) is 0. The molecule has 356 valence electrons. The van der Waals surface area contributed by atoms with E-state index in [1.54, 1.807) is 0 Å². The lowest BCUT2D eigenvalue weighted by Gasteiger charge is -2.48. The second-order valence-electron chi connectivity index (χ2n) is 26.6. The molecule has 0 saturated carbocycles. The van der Waals surface area contributed by atoms with Crippen LogP contribution < -0.4 is 26.2 Å². The van der Waals surface area contributed by atoms with Crippen LogP contribution in [0.5, 0.6) is 0 Å². The summed E-state index contributed by atoms with van der Waals surface area (Å²) in [4.78, 5) is 5.34. The van der Waals surface area contributed by atoms with Crippen LogP contribution >= 0.6 is 0 Å². The number of benzene rings is 7. The molecule has 0 spiro atoms. The van der Waals surface area contributed by atoms with E-state index in [-0.39, 0.29) is 39.2 Å². The molecule has 0 saturated heterocycles. The predicted molar refractivity (Wildman–Crippen MR) is 304 cm³/mol. The van der Waals surface area contributed by atoms with Crippen molar-refractivity contribution in [3.63, 3.8) is 0 Å². The molecule has 11 rings (SSSR count). The fourth-order valence-corrected chi connectivity index (χ4v) is 13.5. The van der Waals surface area contributed by atoms with E-state index in [9.17, 15) is 0 Å². The Morgan fingerprint density at radius 1 is 0.414 bits per heavy atom. The summed E-state index contributed by atoms with van der Waals surface area (Å²) < 4.78 is 0. The summed E-state index contributed by atoms with van der Waals surface area (Å²) in [5.41, 5.74) is 28.3. The molecule has 4 aliphatic rings. The van der Waals surface area contributed by atoms with E-state index in [1.807, 2.05) is 0 Å². The van der Waals surface area contributed by atoms with Gasteiger partial charge in [-0.15, -0.1) is 0 Å². The predicted octanol–water partition coefficient (Wildman–Crippen LogP) is 16.6. The van der Waals surface area contributed by atoms with Gasteiger partial charge in [-0.2, -0.15) is 0 Å². The second kappa shape index (κ2) is 15.4. The van der Waals surface area contributed by atoms with Crippen molar-refractivity contribution in [3.05, 3.63) is 172 Å². The lowest BCUT2D eigenvalue weighted by atomic mass is 9.33. The second-order valence-corrected chi connectivity index (χ2v) is 26.6. The van der Waals surface area contributed by atoms with Crippen molar-refractivity contribution in [1.29, 1.82) is 0 Å². The van der Waals surface area contributed by atoms with Crippen LogP contribution in [0.3, 0.4) is 0 Å². The molecule has 2 aliphatic heterocycles. The summed E-state index contributed by atoms with van der Waals surface area (Å²) in [5, 5.41) is 0. The number of fused-ring (bicyclic) bond motifs is 6. The number of hydrogen-bond acceptors (Lipinski definition) is 2. The molecule has 0 atom stereocenters. The minimum absolute atomic E-state index is 0.00683. The van der Waals surface area contributed by atoms with E-state index in [4.69, 9.17) is 0 Å². The Bertz CT molecular complexity index is 3290. The van der Waals surface area contributed by atoms with Crippen LogP contribution in [-0.4, -0.2) is 6.71 Å². The first kappa shape index (κ1) is 46.6. The summed E-state index contributed by atoms with van der Waals surface area (Å²) >= 11 is 0. The number of rotatable bonds is 4. The number of nitrogens with zero attached hydrogens (tertiary/aromatic N) is 2. The zero-order chi connectivity index (χ0) is 49.8. The topological polar surface area (TPSA) is 6.48 Å². The Balaban J connectivity index is 1.26. The molecule has 0 amide bonds. The summed E-state index contributed by atoms with van der Waals surface area (Å²) in [6, 6.07) is 50.8. The number of hydrogen-bond donors (Lipinski definition) is 0. The lowest BCUT2D eigenvalue weighted by Crippen LogP contribution is -2.62. The Morgan fingerprint density at radius 3 is 1.57 bits per heavy atom. The fourth-order valence-electron chi connectivity index (χ4n) is 13.5. The highest BCUT2D eigenvalue weighted by Gasteiger charge is 2.48. The molecule has 0 bridgehead atoms. The molecule has 2 heterocycles. The van der Waals surface area contributed by atoms with Crippen molar-refractivity contribution < 1.29 is 0 Å². The van der Waals surface area contributed by atoms with Gasteiger partial charge in [0.25, 0.3) is 6.71 Å². The van der Waals surface area contributed by atoms with Gasteiger partial charge in [0, 0.05) is 34.0 Å². The smallest absolute Gasteiger partial charge is 0.252 e. The average Bonchev–Trinajstić information content (AvgIpc) is 3.48. The van der Waals surface area contributed by atoms with E-state index < -0.39 is 0 Å². The van der Waals surface area contributed by atoms with Gasteiger partial charge in [-0.25, -0.2) is 0 Å². The monoisotopic (exact) mass is 919 g/mol. The molecule has 0 N–H and O–H groups in total. The Labute approximate surface area is 421 Å². The van der Waals surface area contributed by atoms with Gasteiger partial charge >= 0.3 is 0 Å². The Morgan fingerprint density at radius 2 is 0.943 bits per heavy atom. The van der Waals surface area contributed by atoms with Gasteiger partial charge < -0.3 is 9.80 Å². The molecule has 0 radical (unpaired) electrons. The van der Waals surface area contributed by atoms with Gasteiger partial charge in [-0.1, -0.05) is 182 Å². The minimum atomic E-state index is -0.0333. The van der Waals surface area contributed by atoms with Crippen LogP contribution in [-0.2, 0) is 32.5 Å². The first-order valence-corrected chi connectivity index (χ1v) is 26.3. The molecule has 7 aromatic rings. The van der Waals surface area contributed by atoms with E-state index >= 15 is 0 Å². The molecule has 3 heteroatoms. The molecular weight excluding hydrogens is 844 g/mol. The van der Waals surface area contributed by atoms with Crippen molar-refractivity contribution in [2.75, 3.05) is 9.80 Å². The van der Waals surface area contributed by atoms with E-state index in [2.05, 4.69) is 248 Å². The van der Waals surface area contributed by atoms with Gasteiger partial charge in [-0.05, 0) is 186 Å².